The van der Waals surface area contributed by atoms with E-state index in [-0.39, 0.29) is 44.3 Å². The number of hydrogen-bond donors (Lipinski definition) is 1. The second-order valence-corrected chi connectivity index (χ2v) is 7.43. The van der Waals surface area contributed by atoms with E-state index in [9.17, 15) is 28.0 Å². The number of alkyl halides is 2. The number of carbonyl (C=O) groups is 4. The fourth-order valence-corrected chi connectivity index (χ4v) is 3.80. The first-order valence-electron chi connectivity index (χ1n) is 9.79. The average molecular weight is 486 g/mol. The van der Waals surface area contributed by atoms with Crippen molar-refractivity contribution in [1.82, 2.24) is 0 Å². The van der Waals surface area contributed by atoms with E-state index in [1.165, 1.54) is 48.5 Å². The third-order valence-electron chi connectivity index (χ3n) is 4.96. The molecule has 0 heterocycles. The van der Waals surface area contributed by atoms with Gasteiger partial charge in [0.1, 0.15) is 5.75 Å². The highest BCUT2D eigenvalue weighted by atomic mass is 35.5. The number of hydrogen-bond acceptors (Lipinski definition) is 6. The van der Waals surface area contributed by atoms with Gasteiger partial charge in [0.2, 0.25) is 0 Å². The predicted molar refractivity (Wildman–Crippen MR) is 117 cm³/mol. The molecule has 172 valence electrons. The van der Waals surface area contributed by atoms with Crippen LogP contribution in [0.25, 0.3) is 0 Å². The summed E-state index contributed by atoms with van der Waals surface area (Å²) in [6, 6.07) is 14.3. The molecule has 3 aromatic carbocycles. The first kappa shape index (κ1) is 23.1. The molecular weight excluding hydrogens is 472 g/mol. The first-order valence-corrected chi connectivity index (χ1v) is 10.2. The van der Waals surface area contributed by atoms with Gasteiger partial charge in [-0.25, -0.2) is 4.79 Å². The number of esters is 1. The molecule has 0 aromatic heterocycles. The highest BCUT2D eigenvalue weighted by molar-refractivity contribution is 6.41. The largest absolute Gasteiger partial charge is 0.452 e. The molecule has 0 bridgehead atoms. The molecule has 0 spiro atoms. The molecule has 10 heteroatoms. The summed E-state index contributed by atoms with van der Waals surface area (Å²) >= 11 is 6.30. The van der Waals surface area contributed by atoms with E-state index in [0.29, 0.717) is 0 Å². The Morgan fingerprint density at radius 2 is 1.53 bits per heavy atom. The van der Waals surface area contributed by atoms with Gasteiger partial charge in [0, 0.05) is 16.7 Å². The van der Waals surface area contributed by atoms with Crippen LogP contribution >= 0.6 is 11.6 Å². The van der Waals surface area contributed by atoms with Crippen molar-refractivity contribution in [3.05, 3.63) is 93.5 Å². The van der Waals surface area contributed by atoms with Gasteiger partial charge < -0.3 is 14.8 Å². The zero-order valence-corrected chi connectivity index (χ0v) is 17.9. The molecule has 0 unspecified atom stereocenters. The van der Waals surface area contributed by atoms with Gasteiger partial charge in [-0.1, -0.05) is 48.0 Å². The molecule has 0 aliphatic heterocycles. The van der Waals surface area contributed by atoms with Crippen molar-refractivity contribution < 1.29 is 37.4 Å². The number of fused-ring (bicyclic) bond motifs is 2. The Kier molecular flexibility index (Phi) is 6.38. The summed E-state index contributed by atoms with van der Waals surface area (Å²) in [7, 11) is 0. The van der Waals surface area contributed by atoms with Crippen LogP contribution in [0.3, 0.4) is 0 Å². The summed E-state index contributed by atoms with van der Waals surface area (Å²) < 4.78 is 34.3. The Balaban J connectivity index is 1.49. The van der Waals surface area contributed by atoms with E-state index in [2.05, 4.69) is 10.1 Å². The van der Waals surface area contributed by atoms with Crippen LogP contribution in [0.1, 0.15) is 42.2 Å². The zero-order valence-electron chi connectivity index (χ0n) is 17.1. The Morgan fingerprint density at radius 1 is 0.882 bits per heavy atom. The van der Waals surface area contributed by atoms with E-state index in [4.69, 9.17) is 16.3 Å². The van der Waals surface area contributed by atoms with Gasteiger partial charge in [-0.3, -0.25) is 14.4 Å². The number of ketones is 2. The van der Waals surface area contributed by atoms with Crippen LogP contribution < -0.4 is 10.1 Å². The minimum atomic E-state index is -3.09. The van der Waals surface area contributed by atoms with Crippen molar-refractivity contribution in [3.63, 3.8) is 0 Å². The maximum atomic E-state index is 12.9. The van der Waals surface area contributed by atoms with Gasteiger partial charge in [-0.05, 0) is 24.3 Å². The van der Waals surface area contributed by atoms with Crippen LogP contribution in [-0.2, 0) is 9.53 Å². The number of rotatable bonds is 6. The van der Waals surface area contributed by atoms with Crippen molar-refractivity contribution in [1.29, 1.82) is 0 Å². The molecule has 0 saturated heterocycles. The molecule has 34 heavy (non-hydrogen) atoms. The number of carbonyl (C=O) groups excluding carboxylic acids is 4. The maximum absolute atomic E-state index is 12.9. The average Bonchev–Trinajstić information content (AvgIpc) is 2.82. The first-order chi connectivity index (χ1) is 16.3. The normalized spacial score (nSPS) is 12.1. The minimum absolute atomic E-state index is 0.0431. The molecule has 0 saturated carbocycles. The Hall–Kier alpha value is -4.11. The highest BCUT2D eigenvalue weighted by Crippen LogP contribution is 2.34. The van der Waals surface area contributed by atoms with Gasteiger partial charge in [-0.15, -0.1) is 0 Å². The fourth-order valence-electron chi connectivity index (χ4n) is 3.47. The van der Waals surface area contributed by atoms with Gasteiger partial charge in [0.25, 0.3) is 5.91 Å². The van der Waals surface area contributed by atoms with Crippen LogP contribution in [0.15, 0.2) is 60.7 Å². The van der Waals surface area contributed by atoms with Crippen LogP contribution in [0.4, 0.5) is 14.5 Å². The molecule has 1 N–H and O–H groups in total. The molecular formula is C24H14ClF2NO6. The molecule has 0 fully saturated rings. The maximum Gasteiger partial charge on any atom is 0.387 e. The molecule has 7 nitrogen and oxygen atoms in total. The van der Waals surface area contributed by atoms with E-state index >= 15 is 0 Å². The summed E-state index contributed by atoms with van der Waals surface area (Å²) in [5.74, 6) is -3.03. The third-order valence-corrected chi connectivity index (χ3v) is 5.35. The monoisotopic (exact) mass is 485 g/mol. The number of anilines is 1. The predicted octanol–water partition coefficient (Wildman–Crippen LogP) is 4.51. The van der Waals surface area contributed by atoms with E-state index in [0.717, 1.165) is 0 Å². The lowest BCUT2D eigenvalue weighted by atomic mass is 9.83. The minimum Gasteiger partial charge on any atom is -0.452 e. The summed E-state index contributed by atoms with van der Waals surface area (Å²) in [5, 5.41) is 2.03. The number of nitrogens with one attached hydrogen (secondary N) is 1. The molecule has 3 aromatic rings. The van der Waals surface area contributed by atoms with Gasteiger partial charge in [0.15, 0.2) is 18.2 Å². The second kappa shape index (κ2) is 9.40. The highest BCUT2D eigenvalue weighted by Gasteiger charge is 2.33. The Morgan fingerprint density at radius 3 is 2.24 bits per heavy atom. The van der Waals surface area contributed by atoms with Crippen molar-refractivity contribution in [2.45, 2.75) is 6.61 Å². The lowest BCUT2D eigenvalue weighted by Crippen LogP contribution is -2.24. The van der Waals surface area contributed by atoms with Crippen molar-refractivity contribution in [2.24, 2.45) is 0 Å². The van der Waals surface area contributed by atoms with Crippen LogP contribution in [0, 0.1) is 0 Å². The smallest absolute Gasteiger partial charge is 0.387 e. The number of amides is 1. The van der Waals surface area contributed by atoms with Gasteiger partial charge >= 0.3 is 12.6 Å². The molecule has 0 radical (unpaired) electrons. The molecule has 0 atom stereocenters. The van der Waals surface area contributed by atoms with Crippen molar-refractivity contribution in [2.75, 3.05) is 11.9 Å². The van der Waals surface area contributed by atoms with Crippen LogP contribution in [-0.4, -0.2) is 36.7 Å². The molecule has 1 aliphatic carbocycles. The fraction of sp³-hybridized carbons (Fsp3) is 0.0833. The number of benzene rings is 3. The van der Waals surface area contributed by atoms with Crippen molar-refractivity contribution >= 4 is 40.7 Å². The Labute approximate surface area is 196 Å². The van der Waals surface area contributed by atoms with Gasteiger partial charge in [0.05, 0.1) is 21.8 Å². The molecule has 1 aliphatic rings. The lowest BCUT2D eigenvalue weighted by molar-refractivity contribution is -0.119. The van der Waals surface area contributed by atoms with E-state index in [1.54, 1.807) is 12.1 Å². The van der Waals surface area contributed by atoms with Crippen LogP contribution in [0.2, 0.25) is 5.02 Å². The zero-order chi connectivity index (χ0) is 24.4. The summed E-state index contributed by atoms with van der Waals surface area (Å²) in [5.41, 5.74) is 0.0743. The quantitative estimate of drug-likeness (QED) is 0.403. The third kappa shape index (κ3) is 4.38. The molecule has 1 amide bonds. The summed E-state index contributed by atoms with van der Waals surface area (Å²) in [4.78, 5) is 50.4. The topological polar surface area (TPSA) is 98.8 Å². The molecule has 4 rings (SSSR count). The summed E-state index contributed by atoms with van der Waals surface area (Å²) in [6.07, 6.45) is 0. The number of ether oxygens (including phenoxy) is 2. The number of halogens is 3. The second-order valence-electron chi connectivity index (χ2n) is 7.05. The van der Waals surface area contributed by atoms with Gasteiger partial charge in [-0.2, -0.15) is 8.78 Å². The van der Waals surface area contributed by atoms with Crippen LogP contribution in [0.5, 0.6) is 5.75 Å². The van der Waals surface area contributed by atoms with E-state index < -0.39 is 36.7 Å². The standard InChI is InChI=1S/C24H14ClF2NO6/c25-20-15(10-9-14-19(20)22(31)13-6-2-1-5-12(13)21(14)30)23(32)33-11-18(29)28-16-7-3-4-8-17(16)34-24(26)27/h1-10,24H,11H2,(H,28,29). The SMILES string of the molecule is O=C(COC(=O)c1ccc2c(c1Cl)C(=O)c1ccccc1C2=O)Nc1ccccc1OC(F)F. The Bertz CT molecular complexity index is 1340. The van der Waals surface area contributed by atoms with E-state index in [1.807, 2.05) is 0 Å². The van der Waals surface area contributed by atoms with Crippen molar-refractivity contribution in [3.8, 4) is 5.75 Å². The summed E-state index contributed by atoms with van der Waals surface area (Å²) in [6.45, 7) is -3.87. The number of para-hydroxylation sites is 2. The lowest BCUT2D eigenvalue weighted by Gasteiger charge is -2.19.